The van der Waals surface area contributed by atoms with Gasteiger partial charge in [0.2, 0.25) is 0 Å². The maximum absolute atomic E-state index is 11.9. The summed E-state index contributed by atoms with van der Waals surface area (Å²) < 4.78 is 0. The minimum absolute atomic E-state index is 0.380. The van der Waals surface area contributed by atoms with E-state index in [0.717, 1.165) is 56.0 Å². The zero-order valence-corrected chi connectivity index (χ0v) is 13.3. The summed E-state index contributed by atoms with van der Waals surface area (Å²) in [5, 5.41) is 3.44. The van der Waals surface area contributed by atoms with Gasteiger partial charge in [-0.25, -0.2) is 4.98 Å². The highest BCUT2D eigenvalue weighted by Gasteiger charge is 2.26. The molecule has 0 bridgehead atoms. The van der Waals surface area contributed by atoms with Crippen molar-refractivity contribution in [1.82, 2.24) is 10.3 Å². The van der Waals surface area contributed by atoms with Crippen molar-refractivity contribution in [3.8, 4) is 0 Å². The molecule has 0 spiro atoms. The summed E-state index contributed by atoms with van der Waals surface area (Å²) in [5.74, 6) is 0.371. The summed E-state index contributed by atoms with van der Waals surface area (Å²) in [7, 11) is 0. The number of hydrogen-bond acceptors (Lipinski definition) is 4. The standard InChI is InChI=1S/C16H26N4O/c1-4-8-20(13-6-5-7-18-10-13)16-14(15(17)21)11(2)9-12(3)19-16/h9,13,18H,4-8,10H2,1-3H3,(H2,17,21). The molecule has 1 aromatic heterocycles. The van der Waals surface area contributed by atoms with Crippen molar-refractivity contribution in [3.63, 3.8) is 0 Å². The molecule has 1 aromatic rings. The number of carbonyl (C=O) groups excluding carboxylic acids is 1. The number of anilines is 1. The van der Waals surface area contributed by atoms with Crippen molar-refractivity contribution in [1.29, 1.82) is 0 Å². The quantitative estimate of drug-likeness (QED) is 0.867. The Labute approximate surface area is 126 Å². The van der Waals surface area contributed by atoms with E-state index in [0.29, 0.717) is 11.6 Å². The lowest BCUT2D eigenvalue weighted by atomic mass is 10.0. The van der Waals surface area contributed by atoms with Gasteiger partial charge in [-0.3, -0.25) is 4.79 Å². The lowest BCUT2D eigenvalue weighted by molar-refractivity contribution is 0.0999. The maximum atomic E-state index is 11.9. The molecule has 1 aliphatic rings. The fourth-order valence-corrected chi connectivity index (χ4v) is 3.13. The molecule has 21 heavy (non-hydrogen) atoms. The number of piperidine rings is 1. The number of aryl methyl sites for hydroxylation is 2. The Morgan fingerprint density at radius 1 is 1.52 bits per heavy atom. The van der Waals surface area contributed by atoms with Crippen LogP contribution in [0.2, 0.25) is 0 Å². The van der Waals surface area contributed by atoms with Crippen LogP contribution in [0.1, 0.15) is 47.8 Å². The number of nitrogens with one attached hydrogen (secondary N) is 1. The van der Waals surface area contributed by atoms with Gasteiger partial charge < -0.3 is 16.0 Å². The first-order chi connectivity index (χ1) is 10.0. The van der Waals surface area contributed by atoms with Crippen LogP contribution in [0.5, 0.6) is 0 Å². The van der Waals surface area contributed by atoms with E-state index < -0.39 is 0 Å². The first-order valence-corrected chi connectivity index (χ1v) is 7.80. The molecular weight excluding hydrogens is 264 g/mol. The number of pyridine rings is 1. The topological polar surface area (TPSA) is 71.2 Å². The van der Waals surface area contributed by atoms with Crippen molar-refractivity contribution < 1.29 is 4.79 Å². The van der Waals surface area contributed by atoms with Gasteiger partial charge in [0.1, 0.15) is 5.82 Å². The SMILES string of the molecule is CCCN(c1nc(C)cc(C)c1C(N)=O)C1CCCNC1. The van der Waals surface area contributed by atoms with Gasteiger partial charge in [-0.2, -0.15) is 0 Å². The van der Waals surface area contributed by atoms with Gasteiger partial charge in [0.15, 0.2) is 0 Å². The number of rotatable bonds is 5. The molecule has 1 aliphatic heterocycles. The van der Waals surface area contributed by atoms with Crippen LogP contribution in [-0.4, -0.2) is 36.6 Å². The number of nitrogens with zero attached hydrogens (tertiary/aromatic N) is 2. The average Bonchev–Trinajstić information content (AvgIpc) is 2.44. The van der Waals surface area contributed by atoms with Crippen molar-refractivity contribution in [2.24, 2.45) is 5.73 Å². The predicted molar refractivity (Wildman–Crippen MR) is 85.8 cm³/mol. The van der Waals surface area contributed by atoms with Gasteiger partial charge in [-0.1, -0.05) is 6.92 Å². The summed E-state index contributed by atoms with van der Waals surface area (Å²) >= 11 is 0. The molecule has 5 heteroatoms. The first kappa shape index (κ1) is 15.8. The second-order valence-corrected chi connectivity index (χ2v) is 5.84. The smallest absolute Gasteiger partial charge is 0.252 e. The number of carbonyl (C=O) groups is 1. The molecule has 2 rings (SSSR count). The van der Waals surface area contributed by atoms with E-state index in [1.165, 1.54) is 0 Å². The van der Waals surface area contributed by atoms with Crippen LogP contribution < -0.4 is 16.0 Å². The van der Waals surface area contributed by atoms with Crippen molar-refractivity contribution in [2.75, 3.05) is 24.5 Å². The average molecular weight is 290 g/mol. The van der Waals surface area contributed by atoms with E-state index in [1.54, 1.807) is 0 Å². The number of aromatic nitrogens is 1. The molecule has 5 nitrogen and oxygen atoms in total. The number of hydrogen-bond donors (Lipinski definition) is 2. The molecule has 116 valence electrons. The molecule has 2 heterocycles. The fraction of sp³-hybridized carbons (Fsp3) is 0.625. The third-order valence-corrected chi connectivity index (χ3v) is 4.02. The van der Waals surface area contributed by atoms with Crippen LogP contribution in [0.3, 0.4) is 0 Å². The highest BCUT2D eigenvalue weighted by atomic mass is 16.1. The first-order valence-electron chi connectivity index (χ1n) is 7.80. The molecular formula is C16H26N4O. The molecule has 0 saturated carbocycles. The van der Waals surface area contributed by atoms with Gasteiger partial charge >= 0.3 is 0 Å². The van der Waals surface area contributed by atoms with Crippen LogP contribution in [-0.2, 0) is 0 Å². The summed E-state index contributed by atoms with van der Waals surface area (Å²) in [6, 6.07) is 2.30. The molecule has 1 unspecified atom stereocenters. The van der Waals surface area contributed by atoms with E-state index in [4.69, 9.17) is 5.73 Å². The van der Waals surface area contributed by atoms with Gasteiger partial charge in [0.05, 0.1) is 5.56 Å². The minimum Gasteiger partial charge on any atom is -0.365 e. The Morgan fingerprint density at radius 3 is 2.86 bits per heavy atom. The van der Waals surface area contributed by atoms with Crippen LogP contribution in [0.25, 0.3) is 0 Å². The summed E-state index contributed by atoms with van der Waals surface area (Å²) in [6.07, 6.45) is 3.30. The van der Waals surface area contributed by atoms with Gasteiger partial charge in [0.25, 0.3) is 5.91 Å². The molecule has 1 atom stereocenters. The Bertz CT molecular complexity index is 509. The van der Waals surface area contributed by atoms with E-state index in [1.807, 2.05) is 19.9 Å². The molecule has 0 aliphatic carbocycles. The lowest BCUT2D eigenvalue weighted by Crippen LogP contribution is -2.47. The van der Waals surface area contributed by atoms with Crippen molar-refractivity contribution >= 4 is 11.7 Å². The summed E-state index contributed by atoms with van der Waals surface area (Å²) in [5.41, 5.74) is 8.02. The van der Waals surface area contributed by atoms with Crippen LogP contribution in [0, 0.1) is 13.8 Å². The number of amides is 1. The summed E-state index contributed by atoms with van der Waals surface area (Å²) in [6.45, 7) is 8.94. The molecule has 1 saturated heterocycles. The molecule has 3 N–H and O–H groups in total. The number of nitrogens with two attached hydrogens (primary N) is 1. The summed E-state index contributed by atoms with van der Waals surface area (Å²) in [4.78, 5) is 18.8. The Hall–Kier alpha value is -1.62. The van der Waals surface area contributed by atoms with Gasteiger partial charge in [-0.05, 0) is 51.3 Å². The van der Waals surface area contributed by atoms with Crippen molar-refractivity contribution in [2.45, 2.75) is 46.1 Å². The van der Waals surface area contributed by atoms with E-state index in [2.05, 4.69) is 22.1 Å². The Kier molecular flexibility index (Phi) is 5.17. The van der Waals surface area contributed by atoms with Crippen molar-refractivity contribution in [3.05, 3.63) is 22.9 Å². The second kappa shape index (κ2) is 6.89. The van der Waals surface area contributed by atoms with Crippen LogP contribution >= 0.6 is 0 Å². The highest BCUT2D eigenvalue weighted by molar-refractivity contribution is 5.99. The van der Waals surface area contributed by atoms with Crippen LogP contribution in [0.4, 0.5) is 5.82 Å². The number of primary amides is 1. The van der Waals surface area contributed by atoms with Gasteiger partial charge in [0, 0.05) is 24.8 Å². The van der Waals surface area contributed by atoms with E-state index in [-0.39, 0.29) is 5.91 Å². The zero-order chi connectivity index (χ0) is 15.4. The molecule has 0 radical (unpaired) electrons. The molecule has 0 aromatic carbocycles. The Morgan fingerprint density at radius 2 is 2.29 bits per heavy atom. The van der Waals surface area contributed by atoms with Gasteiger partial charge in [-0.15, -0.1) is 0 Å². The maximum Gasteiger partial charge on any atom is 0.252 e. The minimum atomic E-state index is -0.389. The molecule has 1 amide bonds. The fourth-order valence-electron chi connectivity index (χ4n) is 3.13. The zero-order valence-electron chi connectivity index (χ0n) is 13.3. The third-order valence-electron chi connectivity index (χ3n) is 4.02. The van der Waals surface area contributed by atoms with E-state index >= 15 is 0 Å². The third kappa shape index (κ3) is 3.53. The van der Waals surface area contributed by atoms with E-state index in [9.17, 15) is 4.79 Å². The monoisotopic (exact) mass is 290 g/mol. The lowest BCUT2D eigenvalue weighted by Gasteiger charge is -2.36. The predicted octanol–water partition coefficient (Wildman–Crippen LogP) is 1.77. The van der Waals surface area contributed by atoms with Crippen LogP contribution in [0.15, 0.2) is 6.07 Å². The second-order valence-electron chi connectivity index (χ2n) is 5.84. The normalized spacial score (nSPS) is 18.5. The molecule has 1 fully saturated rings. The highest BCUT2D eigenvalue weighted by Crippen LogP contribution is 2.26. The largest absolute Gasteiger partial charge is 0.365 e. The Balaban J connectivity index is 2.45.